The number of rotatable bonds is 5. The standard InChI is InChI=1S/C12H16N4O2/c1-8-6-10(9(2)18-8)12(17)13-5-3-4-11-14-7-15-16-11/h6-7H,3-5H2,1-2H3,(H,13,17)(H,14,15,16). The summed E-state index contributed by atoms with van der Waals surface area (Å²) in [7, 11) is 0. The van der Waals surface area contributed by atoms with E-state index in [1.54, 1.807) is 13.0 Å². The number of nitrogens with zero attached hydrogens (tertiary/aromatic N) is 2. The van der Waals surface area contributed by atoms with Crippen LogP contribution in [-0.2, 0) is 6.42 Å². The van der Waals surface area contributed by atoms with E-state index >= 15 is 0 Å². The summed E-state index contributed by atoms with van der Waals surface area (Å²) in [4.78, 5) is 15.8. The molecule has 2 aromatic rings. The third kappa shape index (κ3) is 2.97. The van der Waals surface area contributed by atoms with E-state index in [-0.39, 0.29) is 5.91 Å². The largest absolute Gasteiger partial charge is 0.466 e. The second-order valence-electron chi connectivity index (χ2n) is 4.12. The molecule has 0 fully saturated rings. The lowest BCUT2D eigenvalue weighted by atomic mass is 10.2. The van der Waals surface area contributed by atoms with Crippen LogP contribution in [0, 0.1) is 13.8 Å². The lowest BCUT2D eigenvalue weighted by Crippen LogP contribution is -2.25. The second-order valence-corrected chi connectivity index (χ2v) is 4.12. The van der Waals surface area contributed by atoms with Crippen LogP contribution in [0.2, 0.25) is 0 Å². The van der Waals surface area contributed by atoms with Gasteiger partial charge >= 0.3 is 0 Å². The fourth-order valence-electron chi connectivity index (χ4n) is 1.76. The topological polar surface area (TPSA) is 83.8 Å². The zero-order valence-corrected chi connectivity index (χ0v) is 10.5. The maximum absolute atomic E-state index is 11.8. The molecule has 0 bridgehead atoms. The van der Waals surface area contributed by atoms with Crippen molar-refractivity contribution in [2.24, 2.45) is 0 Å². The van der Waals surface area contributed by atoms with Gasteiger partial charge in [0.25, 0.3) is 5.91 Å². The van der Waals surface area contributed by atoms with Crippen molar-refractivity contribution >= 4 is 5.91 Å². The molecule has 0 aromatic carbocycles. The number of aryl methyl sites for hydroxylation is 3. The smallest absolute Gasteiger partial charge is 0.254 e. The average Bonchev–Trinajstić information content (AvgIpc) is 2.94. The van der Waals surface area contributed by atoms with Crippen LogP contribution >= 0.6 is 0 Å². The van der Waals surface area contributed by atoms with E-state index in [9.17, 15) is 4.79 Å². The Labute approximate surface area is 105 Å². The van der Waals surface area contributed by atoms with Gasteiger partial charge in [-0.25, -0.2) is 4.98 Å². The van der Waals surface area contributed by atoms with Crippen LogP contribution in [0.3, 0.4) is 0 Å². The molecule has 0 spiro atoms. The predicted molar refractivity (Wildman–Crippen MR) is 65.2 cm³/mol. The molecule has 6 heteroatoms. The molecule has 0 saturated carbocycles. The van der Waals surface area contributed by atoms with Gasteiger partial charge in [-0.2, -0.15) is 5.10 Å². The van der Waals surface area contributed by atoms with Gasteiger partial charge in [-0.3, -0.25) is 9.89 Å². The van der Waals surface area contributed by atoms with E-state index in [4.69, 9.17) is 4.42 Å². The molecule has 0 aliphatic rings. The van der Waals surface area contributed by atoms with E-state index in [1.165, 1.54) is 6.33 Å². The van der Waals surface area contributed by atoms with E-state index in [0.717, 1.165) is 24.4 Å². The summed E-state index contributed by atoms with van der Waals surface area (Å²) in [6.45, 7) is 4.22. The van der Waals surface area contributed by atoms with Gasteiger partial charge in [0.2, 0.25) is 0 Å². The van der Waals surface area contributed by atoms with Gasteiger partial charge < -0.3 is 9.73 Å². The molecular weight excluding hydrogens is 232 g/mol. The SMILES string of the molecule is Cc1cc(C(=O)NCCCc2ncn[nH]2)c(C)o1. The van der Waals surface area contributed by atoms with Crippen LogP contribution in [0.25, 0.3) is 0 Å². The first-order valence-corrected chi connectivity index (χ1v) is 5.86. The number of aromatic amines is 1. The minimum absolute atomic E-state index is 0.0954. The molecule has 96 valence electrons. The van der Waals surface area contributed by atoms with Gasteiger partial charge in [0.05, 0.1) is 5.56 Å². The Bertz CT molecular complexity index is 516. The van der Waals surface area contributed by atoms with Crippen molar-refractivity contribution < 1.29 is 9.21 Å². The van der Waals surface area contributed by atoms with Gasteiger partial charge in [0, 0.05) is 13.0 Å². The highest BCUT2D eigenvalue weighted by molar-refractivity contribution is 5.95. The normalized spacial score (nSPS) is 10.6. The Hall–Kier alpha value is -2.11. The predicted octanol–water partition coefficient (Wildman–Crippen LogP) is 1.38. The third-order valence-electron chi connectivity index (χ3n) is 2.63. The first-order chi connectivity index (χ1) is 8.66. The Morgan fingerprint density at radius 1 is 1.50 bits per heavy atom. The first kappa shape index (κ1) is 12.3. The zero-order chi connectivity index (χ0) is 13.0. The molecule has 18 heavy (non-hydrogen) atoms. The number of aromatic nitrogens is 3. The van der Waals surface area contributed by atoms with Crippen LogP contribution in [0.5, 0.6) is 0 Å². The average molecular weight is 248 g/mol. The summed E-state index contributed by atoms with van der Waals surface area (Å²) >= 11 is 0. The summed E-state index contributed by atoms with van der Waals surface area (Å²) in [5.41, 5.74) is 0.604. The molecule has 0 radical (unpaired) electrons. The van der Waals surface area contributed by atoms with Crippen LogP contribution in [0.1, 0.15) is 34.1 Å². The van der Waals surface area contributed by atoms with E-state index in [2.05, 4.69) is 20.5 Å². The van der Waals surface area contributed by atoms with Crippen molar-refractivity contribution in [1.29, 1.82) is 0 Å². The number of carbonyl (C=O) groups is 1. The number of H-pyrrole nitrogens is 1. The van der Waals surface area contributed by atoms with Crippen LogP contribution in [0.4, 0.5) is 0 Å². The zero-order valence-electron chi connectivity index (χ0n) is 10.5. The van der Waals surface area contributed by atoms with Gasteiger partial charge in [0.1, 0.15) is 23.7 Å². The maximum Gasteiger partial charge on any atom is 0.254 e. The molecule has 0 atom stereocenters. The Balaban J connectivity index is 1.77. The lowest BCUT2D eigenvalue weighted by molar-refractivity contribution is 0.0951. The van der Waals surface area contributed by atoms with Crippen molar-refractivity contribution in [3.05, 3.63) is 35.3 Å². The maximum atomic E-state index is 11.8. The number of nitrogens with one attached hydrogen (secondary N) is 2. The molecule has 0 aliphatic carbocycles. The highest BCUT2D eigenvalue weighted by Gasteiger charge is 2.12. The third-order valence-corrected chi connectivity index (χ3v) is 2.63. The number of hydrogen-bond donors (Lipinski definition) is 2. The van der Waals surface area contributed by atoms with Gasteiger partial charge in [-0.15, -0.1) is 0 Å². The van der Waals surface area contributed by atoms with Crippen molar-refractivity contribution in [1.82, 2.24) is 20.5 Å². The summed E-state index contributed by atoms with van der Waals surface area (Å²) < 4.78 is 5.32. The van der Waals surface area contributed by atoms with E-state index < -0.39 is 0 Å². The molecule has 6 nitrogen and oxygen atoms in total. The number of amides is 1. The highest BCUT2D eigenvalue weighted by atomic mass is 16.3. The van der Waals surface area contributed by atoms with Crippen LogP contribution in [-0.4, -0.2) is 27.6 Å². The monoisotopic (exact) mass is 248 g/mol. The molecule has 2 rings (SSSR count). The quantitative estimate of drug-likeness (QED) is 0.783. The summed E-state index contributed by atoms with van der Waals surface area (Å²) in [5, 5.41) is 9.40. The molecule has 2 heterocycles. The van der Waals surface area contributed by atoms with E-state index in [1.807, 2.05) is 6.92 Å². The summed E-state index contributed by atoms with van der Waals surface area (Å²) in [5.74, 6) is 2.14. The summed E-state index contributed by atoms with van der Waals surface area (Å²) in [6, 6.07) is 1.75. The van der Waals surface area contributed by atoms with Crippen molar-refractivity contribution in [3.63, 3.8) is 0 Å². The van der Waals surface area contributed by atoms with Crippen molar-refractivity contribution in [2.75, 3.05) is 6.54 Å². The Morgan fingerprint density at radius 2 is 2.33 bits per heavy atom. The van der Waals surface area contributed by atoms with Gasteiger partial charge in [-0.1, -0.05) is 0 Å². The summed E-state index contributed by atoms with van der Waals surface area (Å²) in [6.07, 6.45) is 3.06. The van der Waals surface area contributed by atoms with E-state index in [0.29, 0.717) is 17.9 Å². The molecule has 0 saturated heterocycles. The minimum atomic E-state index is -0.0954. The van der Waals surface area contributed by atoms with Crippen LogP contribution in [0.15, 0.2) is 16.8 Å². The first-order valence-electron chi connectivity index (χ1n) is 5.86. The lowest BCUT2D eigenvalue weighted by Gasteiger charge is -2.02. The molecule has 0 unspecified atom stereocenters. The molecule has 1 amide bonds. The number of hydrogen-bond acceptors (Lipinski definition) is 4. The molecule has 0 aliphatic heterocycles. The van der Waals surface area contributed by atoms with Crippen molar-refractivity contribution in [2.45, 2.75) is 26.7 Å². The fraction of sp³-hybridized carbons (Fsp3) is 0.417. The van der Waals surface area contributed by atoms with Crippen molar-refractivity contribution in [3.8, 4) is 0 Å². The fourth-order valence-corrected chi connectivity index (χ4v) is 1.76. The van der Waals surface area contributed by atoms with Gasteiger partial charge in [0.15, 0.2) is 0 Å². The Morgan fingerprint density at radius 3 is 2.94 bits per heavy atom. The second kappa shape index (κ2) is 5.48. The molecular formula is C12H16N4O2. The highest BCUT2D eigenvalue weighted by Crippen LogP contribution is 2.13. The molecule has 2 aromatic heterocycles. The number of furan rings is 1. The Kier molecular flexibility index (Phi) is 3.76. The van der Waals surface area contributed by atoms with Crippen LogP contribution < -0.4 is 5.32 Å². The number of carbonyl (C=O) groups excluding carboxylic acids is 1. The molecule has 2 N–H and O–H groups in total. The minimum Gasteiger partial charge on any atom is -0.466 e. The van der Waals surface area contributed by atoms with Gasteiger partial charge in [-0.05, 0) is 26.3 Å².